The van der Waals surface area contributed by atoms with Crippen LogP contribution in [0.15, 0.2) is 73.8 Å². The fraction of sp³-hybridized carbons (Fsp3) is 0.350. The molecule has 6 aromatic rings. The molecule has 4 aromatic heterocycles. The summed E-state index contributed by atoms with van der Waals surface area (Å²) in [6, 6.07) is 11.6. The van der Waals surface area contributed by atoms with E-state index in [0.29, 0.717) is 61.1 Å². The van der Waals surface area contributed by atoms with Crippen LogP contribution >= 0.6 is 11.6 Å². The number of aromatic nitrogens is 8. The zero-order valence-corrected chi connectivity index (χ0v) is 35.0. The highest BCUT2D eigenvalue weighted by Crippen LogP contribution is 2.34. The van der Waals surface area contributed by atoms with Crippen LogP contribution in [-0.4, -0.2) is 120 Å². The molecule has 0 saturated heterocycles. The van der Waals surface area contributed by atoms with Gasteiger partial charge in [0.2, 0.25) is 11.2 Å². The Kier molecular flexibility index (Phi) is 13.9. The number of nitrogen functional groups attached to an aromatic ring is 1. The third-order valence-electron chi connectivity index (χ3n) is 9.41. The van der Waals surface area contributed by atoms with Gasteiger partial charge in [-0.15, -0.1) is 0 Å². The van der Waals surface area contributed by atoms with Gasteiger partial charge in [-0.25, -0.2) is 19.9 Å². The van der Waals surface area contributed by atoms with Crippen molar-refractivity contribution < 1.29 is 28.4 Å². The van der Waals surface area contributed by atoms with Gasteiger partial charge in [0, 0.05) is 64.2 Å². The number of nitrogens with zero attached hydrogens (tertiary/aromatic N) is 10. The lowest BCUT2D eigenvalue weighted by atomic mass is 10.2. The first-order valence-electron chi connectivity index (χ1n) is 18.5. The molecular formula is C40H49ClN12O6. The molecule has 2 aliphatic heterocycles. The SMILES string of the molecule is COC[C@H]1COc2cnc(Cl)nc2N1C.COC[C@H]1COc2cnc(Nc3ccc(-n4cnc(C)c4)c(OC)c3)nc2N1C.COc1cc(N)ccc1-n1cnc(C)c1. The highest BCUT2D eigenvalue weighted by molar-refractivity contribution is 6.28. The molecule has 2 atom stereocenters. The molecule has 59 heavy (non-hydrogen) atoms. The largest absolute Gasteiger partial charge is 0.494 e. The predicted octanol–water partition coefficient (Wildman–Crippen LogP) is 5.31. The average Bonchev–Trinajstić information content (AvgIpc) is 3.88. The molecule has 0 amide bonds. The van der Waals surface area contributed by atoms with Crippen molar-refractivity contribution in [3.05, 3.63) is 90.5 Å². The number of nitrogens with one attached hydrogen (secondary N) is 1. The number of fused-ring (bicyclic) bond motifs is 2. The summed E-state index contributed by atoms with van der Waals surface area (Å²) in [6.07, 6.45) is 10.7. The van der Waals surface area contributed by atoms with Crippen LogP contribution in [0.3, 0.4) is 0 Å². The minimum absolute atomic E-state index is 0.105. The van der Waals surface area contributed by atoms with Gasteiger partial charge in [-0.05, 0) is 49.7 Å². The van der Waals surface area contributed by atoms with Gasteiger partial charge in [0.05, 0.1) is 87.3 Å². The molecule has 2 aliphatic rings. The highest BCUT2D eigenvalue weighted by atomic mass is 35.5. The van der Waals surface area contributed by atoms with Crippen LogP contribution in [-0.2, 0) is 9.47 Å². The molecule has 0 bridgehead atoms. The summed E-state index contributed by atoms with van der Waals surface area (Å²) in [4.78, 5) is 29.5. The second-order valence-electron chi connectivity index (χ2n) is 13.6. The predicted molar refractivity (Wildman–Crippen MR) is 226 cm³/mol. The van der Waals surface area contributed by atoms with Gasteiger partial charge < -0.3 is 58.4 Å². The van der Waals surface area contributed by atoms with Crippen LogP contribution in [0.2, 0.25) is 5.28 Å². The Hall–Kier alpha value is -6.37. The number of hydrogen-bond acceptors (Lipinski definition) is 16. The number of ether oxygens (including phenoxy) is 6. The molecule has 2 aromatic carbocycles. The van der Waals surface area contributed by atoms with E-state index in [4.69, 9.17) is 45.8 Å². The minimum Gasteiger partial charge on any atom is -0.494 e. The summed E-state index contributed by atoms with van der Waals surface area (Å²) in [5.41, 5.74) is 10.9. The first kappa shape index (κ1) is 42.2. The summed E-state index contributed by atoms with van der Waals surface area (Å²) < 4.78 is 36.3. The van der Waals surface area contributed by atoms with Crippen molar-refractivity contribution in [3.63, 3.8) is 0 Å². The molecule has 8 rings (SSSR count). The van der Waals surface area contributed by atoms with Gasteiger partial charge in [-0.3, -0.25) is 0 Å². The Bertz CT molecular complexity index is 2320. The number of imidazole rings is 2. The van der Waals surface area contributed by atoms with E-state index in [1.165, 1.54) is 0 Å². The van der Waals surface area contributed by atoms with E-state index in [2.05, 4.69) is 40.1 Å². The molecule has 0 fully saturated rings. The van der Waals surface area contributed by atoms with Crippen molar-refractivity contribution in [2.24, 2.45) is 0 Å². The van der Waals surface area contributed by atoms with Crippen molar-refractivity contribution in [2.75, 3.05) is 89.8 Å². The fourth-order valence-corrected chi connectivity index (χ4v) is 6.36. The first-order valence-corrected chi connectivity index (χ1v) is 18.9. The molecule has 0 unspecified atom stereocenters. The first-order chi connectivity index (χ1) is 28.5. The van der Waals surface area contributed by atoms with Crippen LogP contribution in [0.5, 0.6) is 23.0 Å². The molecule has 19 heteroatoms. The molecule has 0 saturated carbocycles. The van der Waals surface area contributed by atoms with E-state index in [1.54, 1.807) is 59.6 Å². The van der Waals surface area contributed by atoms with E-state index in [9.17, 15) is 0 Å². The smallest absolute Gasteiger partial charge is 0.229 e. The van der Waals surface area contributed by atoms with Crippen LogP contribution in [0, 0.1) is 13.8 Å². The topological polar surface area (TPSA) is 187 Å². The van der Waals surface area contributed by atoms with Crippen molar-refractivity contribution in [3.8, 4) is 34.4 Å². The zero-order chi connectivity index (χ0) is 42.1. The van der Waals surface area contributed by atoms with Gasteiger partial charge in [0.1, 0.15) is 24.7 Å². The number of rotatable bonds is 10. The van der Waals surface area contributed by atoms with Crippen molar-refractivity contribution in [1.82, 2.24) is 39.0 Å². The van der Waals surface area contributed by atoms with Crippen molar-refractivity contribution >= 4 is 40.6 Å². The zero-order valence-electron chi connectivity index (χ0n) is 34.3. The quantitative estimate of drug-likeness (QED) is 0.133. The monoisotopic (exact) mass is 828 g/mol. The third-order valence-corrected chi connectivity index (χ3v) is 9.59. The molecule has 0 radical (unpaired) electrons. The molecule has 3 N–H and O–H groups in total. The fourth-order valence-electron chi connectivity index (χ4n) is 6.23. The Labute approximate surface area is 347 Å². The molecule has 18 nitrogen and oxygen atoms in total. The Balaban J connectivity index is 0.000000164. The van der Waals surface area contributed by atoms with Crippen LogP contribution in [0.1, 0.15) is 11.4 Å². The maximum absolute atomic E-state index is 5.76. The van der Waals surface area contributed by atoms with Gasteiger partial charge in [-0.1, -0.05) is 0 Å². The van der Waals surface area contributed by atoms with E-state index in [-0.39, 0.29) is 17.4 Å². The lowest BCUT2D eigenvalue weighted by Gasteiger charge is -2.34. The van der Waals surface area contributed by atoms with Gasteiger partial charge in [0.15, 0.2) is 23.1 Å². The number of hydrogen-bond donors (Lipinski definition) is 2. The summed E-state index contributed by atoms with van der Waals surface area (Å²) in [5.74, 6) is 4.70. The Morgan fingerprint density at radius 1 is 0.729 bits per heavy atom. The summed E-state index contributed by atoms with van der Waals surface area (Å²) >= 11 is 5.73. The number of anilines is 5. The molecular weight excluding hydrogens is 780 g/mol. The summed E-state index contributed by atoms with van der Waals surface area (Å²) in [6.45, 7) is 6.17. The van der Waals surface area contributed by atoms with Crippen LogP contribution in [0.25, 0.3) is 11.4 Å². The maximum Gasteiger partial charge on any atom is 0.229 e. The number of methoxy groups -OCH3 is 4. The van der Waals surface area contributed by atoms with E-state index in [0.717, 1.165) is 40.0 Å². The number of halogens is 1. The number of nitrogens with two attached hydrogens (primary N) is 1. The number of benzene rings is 2. The second-order valence-corrected chi connectivity index (χ2v) is 13.9. The minimum atomic E-state index is 0.105. The summed E-state index contributed by atoms with van der Waals surface area (Å²) in [7, 11) is 10.5. The third kappa shape index (κ3) is 10.2. The second kappa shape index (κ2) is 19.4. The van der Waals surface area contributed by atoms with Crippen molar-refractivity contribution in [1.29, 1.82) is 0 Å². The van der Waals surface area contributed by atoms with Crippen LogP contribution in [0.4, 0.5) is 29.0 Å². The highest BCUT2D eigenvalue weighted by Gasteiger charge is 2.28. The number of aryl methyl sites for hydroxylation is 2. The number of likely N-dealkylation sites (N-methyl/N-ethyl adjacent to an activating group) is 2. The van der Waals surface area contributed by atoms with E-state index < -0.39 is 0 Å². The maximum atomic E-state index is 5.76. The molecule has 6 heterocycles. The van der Waals surface area contributed by atoms with Crippen LogP contribution < -0.4 is 39.8 Å². The van der Waals surface area contributed by atoms with Crippen molar-refractivity contribution in [2.45, 2.75) is 25.9 Å². The van der Waals surface area contributed by atoms with E-state index >= 15 is 0 Å². The molecule has 312 valence electrons. The summed E-state index contributed by atoms with van der Waals surface area (Å²) in [5, 5.41) is 3.46. The Morgan fingerprint density at radius 3 is 1.78 bits per heavy atom. The van der Waals surface area contributed by atoms with Gasteiger partial charge in [-0.2, -0.15) is 9.97 Å². The van der Waals surface area contributed by atoms with Gasteiger partial charge in [0.25, 0.3) is 0 Å². The van der Waals surface area contributed by atoms with E-state index in [1.807, 2.05) is 84.7 Å². The molecule has 0 aliphatic carbocycles. The Morgan fingerprint density at radius 2 is 1.25 bits per heavy atom. The molecule has 0 spiro atoms. The normalized spacial score (nSPS) is 15.3. The lowest BCUT2D eigenvalue weighted by molar-refractivity contribution is 0.142. The standard InChI is InChI=1S/C20H24N6O3.C11H13N3O.C9H12ClN3O2/c1-13-9-26(12-22-13)16-6-5-14(7-17(16)28-4)23-20-21-8-18-19(24-20)25(2)15(10-27-3)11-29-18;1-8-6-14(7-13-8)10-4-3-9(12)5-11(10)15-2;1-13-6(4-14-2)5-15-7-3-11-9(10)12-8(7)13/h5-9,12,15H,10-11H2,1-4H3,(H,21,23,24);3-7H,12H2,1-2H3;3,6H,4-5H2,1-2H3/t15-;;6-/m0.0/s1. The average molecular weight is 829 g/mol. The van der Waals surface area contributed by atoms with Gasteiger partial charge >= 0.3 is 0 Å². The lowest BCUT2D eigenvalue weighted by Crippen LogP contribution is -2.44.